The summed E-state index contributed by atoms with van der Waals surface area (Å²) in [5.41, 5.74) is 1.24. The van der Waals surface area contributed by atoms with Crippen molar-refractivity contribution in [2.45, 2.75) is 25.2 Å². The van der Waals surface area contributed by atoms with Crippen molar-refractivity contribution in [1.29, 1.82) is 0 Å². The summed E-state index contributed by atoms with van der Waals surface area (Å²) in [7, 11) is 0. The van der Waals surface area contributed by atoms with E-state index in [4.69, 9.17) is 4.42 Å². The molecule has 0 saturated carbocycles. The molecule has 0 atom stereocenters. The number of likely N-dealkylation sites (tertiary alicyclic amines) is 1. The Hall–Kier alpha value is -2.67. The minimum Gasteiger partial charge on any atom is -0.462 e. The van der Waals surface area contributed by atoms with Gasteiger partial charge in [-0.15, -0.1) is 10.2 Å². The third-order valence-corrected chi connectivity index (χ3v) is 5.94. The first-order valence-electron chi connectivity index (χ1n) is 9.23. The van der Waals surface area contributed by atoms with Crippen LogP contribution in [0.1, 0.15) is 29.3 Å². The zero-order chi connectivity index (χ0) is 18.5. The second kappa shape index (κ2) is 8.35. The highest BCUT2D eigenvalue weighted by Gasteiger charge is 2.26. The van der Waals surface area contributed by atoms with Gasteiger partial charge in [0.1, 0.15) is 5.01 Å². The van der Waals surface area contributed by atoms with Gasteiger partial charge in [0.2, 0.25) is 0 Å². The van der Waals surface area contributed by atoms with Gasteiger partial charge in [-0.2, -0.15) is 0 Å². The van der Waals surface area contributed by atoms with Crippen LogP contribution in [0.25, 0.3) is 10.8 Å². The average molecular weight is 382 g/mol. The Morgan fingerprint density at radius 3 is 2.70 bits per heavy atom. The maximum atomic E-state index is 12.4. The van der Waals surface area contributed by atoms with Crippen LogP contribution in [0, 0.1) is 0 Å². The Balaban J connectivity index is 1.24. The van der Waals surface area contributed by atoms with Gasteiger partial charge in [-0.25, -0.2) is 4.79 Å². The molecule has 1 aliphatic heterocycles. The predicted molar refractivity (Wildman–Crippen MR) is 105 cm³/mol. The molecule has 1 saturated heterocycles. The summed E-state index contributed by atoms with van der Waals surface area (Å²) in [5.74, 6) is 1.12. The number of benzene rings is 1. The first-order valence-corrected chi connectivity index (χ1v) is 10.1. The van der Waals surface area contributed by atoms with Gasteiger partial charge in [-0.05, 0) is 37.0 Å². The molecule has 0 bridgehead atoms. The molecule has 140 valence electrons. The van der Waals surface area contributed by atoms with Crippen LogP contribution in [0.15, 0.2) is 53.1 Å². The van der Waals surface area contributed by atoms with Crippen LogP contribution < -0.4 is 5.32 Å². The summed E-state index contributed by atoms with van der Waals surface area (Å²) in [5, 5.41) is 13.5. The zero-order valence-electron chi connectivity index (χ0n) is 15.0. The van der Waals surface area contributed by atoms with Crippen molar-refractivity contribution in [3.8, 4) is 10.8 Å². The number of furan rings is 1. The number of carbonyl (C=O) groups excluding carboxylic acids is 1. The fourth-order valence-corrected chi connectivity index (χ4v) is 4.28. The van der Waals surface area contributed by atoms with Crippen LogP contribution in [-0.4, -0.2) is 40.8 Å². The Labute approximate surface area is 162 Å². The molecule has 1 aromatic carbocycles. The second-order valence-electron chi connectivity index (χ2n) is 6.65. The van der Waals surface area contributed by atoms with Gasteiger partial charge in [-0.3, -0.25) is 0 Å². The van der Waals surface area contributed by atoms with E-state index in [1.807, 2.05) is 35.2 Å². The van der Waals surface area contributed by atoms with Crippen LogP contribution in [0.5, 0.6) is 0 Å². The van der Waals surface area contributed by atoms with Crippen molar-refractivity contribution in [3.05, 3.63) is 59.3 Å². The van der Waals surface area contributed by atoms with E-state index in [9.17, 15) is 4.79 Å². The summed E-state index contributed by atoms with van der Waals surface area (Å²) < 4.78 is 5.38. The molecule has 1 fully saturated rings. The lowest BCUT2D eigenvalue weighted by molar-refractivity contribution is 0.181. The van der Waals surface area contributed by atoms with Crippen molar-refractivity contribution in [2.75, 3.05) is 19.6 Å². The molecule has 7 heteroatoms. The van der Waals surface area contributed by atoms with E-state index < -0.39 is 0 Å². The van der Waals surface area contributed by atoms with Crippen molar-refractivity contribution in [2.24, 2.45) is 0 Å². The van der Waals surface area contributed by atoms with Crippen LogP contribution in [0.2, 0.25) is 0 Å². The number of piperidine rings is 1. The lowest BCUT2D eigenvalue weighted by atomic mass is 9.98. The summed E-state index contributed by atoms with van der Waals surface area (Å²) in [6.07, 6.45) is 4.33. The van der Waals surface area contributed by atoms with Gasteiger partial charge in [0.15, 0.2) is 10.8 Å². The average Bonchev–Trinajstić information content (AvgIpc) is 3.41. The molecule has 1 N–H and O–H groups in total. The molecule has 0 spiro atoms. The van der Waals surface area contributed by atoms with Gasteiger partial charge in [0.05, 0.1) is 6.26 Å². The normalized spacial score (nSPS) is 15.0. The lowest BCUT2D eigenvalue weighted by Crippen LogP contribution is -2.44. The molecule has 2 amide bonds. The highest BCUT2D eigenvalue weighted by molar-refractivity contribution is 7.14. The van der Waals surface area contributed by atoms with Gasteiger partial charge >= 0.3 is 6.03 Å². The molecule has 0 unspecified atom stereocenters. The van der Waals surface area contributed by atoms with E-state index in [-0.39, 0.29) is 6.03 Å². The minimum absolute atomic E-state index is 0.0259. The van der Waals surface area contributed by atoms with Gasteiger partial charge in [-0.1, -0.05) is 41.7 Å². The molecule has 3 heterocycles. The molecule has 6 nitrogen and oxygen atoms in total. The van der Waals surface area contributed by atoms with Crippen molar-refractivity contribution in [3.63, 3.8) is 0 Å². The van der Waals surface area contributed by atoms with E-state index in [2.05, 4.69) is 27.6 Å². The molecule has 27 heavy (non-hydrogen) atoms. The third-order valence-electron chi connectivity index (χ3n) is 4.84. The molecule has 0 radical (unpaired) electrons. The highest BCUT2D eigenvalue weighted by atomic mass is 32.1. The quantitative estimate of drug-likeness (QED) is 0.726. The Bertz CT molecular complexity index is 855. The summed E-state index contributed by atoms with van der Waals surface area (Å²) in [6.45, 7) is 2.15. The van der Waals surface area contributed by atoms with Crippen molar-refractivity contribution >= 4 is 17.4 Å². The van der Waals surface area contributed by atoms with E-state index >= 15 is 0 Å². The Kier molecular flexibility index (Phi) is 5.48. The van der Waals surface area contributed by atoms with E-state index in [1.54, 1.807) is 17.6 Å². The second-order valence-corrected chi connectivity index (χ2v) is 7.66. The molecular formula is C20H22N4O2S. The summed E-state index contributed by atoms with van der Waals surface area (Å²) in [6, 6.07) is 14.0. The molecule has 0 aliphatic carbocycles. The van der Waals surface area contributed by atoms with E-state index in [0.717, 1.165) is 48.1 Å². The molecular weight excluding hydrogens is 360 g/mol. The molecule has 3 aromatic rings. The number of aromatic nitrogens is 2. The van der Waals surface area contributed by atoms with Crippen LogP contribution in [-0.2, 0) is 6.42 Å². The number of rotatable bonds is 5. The minimum atomic E-state index is 0.0259. The predicted octanol–water partition coefficient (Wildman–Crippen LogP) is 3.93. The van der Waals surface area contributed by atoms with E-state index in [0.29, 0.717) is 12.5 Å². The highest BCUT2D eigenvalue weighted by Crippen LogP contribution is 2.33. The van der Waals surface area contributed by atoms with Crippen LogP contribution in [0.4, 0.5) is 4.79 Å². The largest absolute Gasteiger partial charge is 0.462 e. The monoisotopic (exact) mass is 382 g/mol. The third kappa shape index (κ3) is 4.36. The SMILES string of the molecule is O=C(NCCc1ccccc1)N1CCC(c2nnc(-c3ccco3)s2)CC1. The number of urea groups is 1. The number of nitrogens with zero attached hydrogens (tertiary/aromatic N) is 3. The standard InChI is InChI=1S/C20H22N4O2S/c25-20(21-11-8-15-5-2-1-3-6-15)24-12-9-16(10-13-24)18-22-23-19(27-18)17-7-4-14-26-17/h1-7,14,16H,8-13H2,(H,21,25). The number of nitrogens with one attached hydrogen (secondary N) is 1. The van der Waals surface area contributed by atoms with Crippen LogP contribution >= 0.6 is 11.3 Å². The van der Waals surface area contributed by atoms with Crippen molar-refractivity contribution in [1.82, 2.24) is 20.4 Å². The van der Waals surface area contributed by atoms with Crippen molar-refractivity contribution < 1.29 is 9.21 Å². The lowest BCUT2D eigenvalue weighted by Gasteiger charge is -2.31. The first kappa shape index (κ1) is 17.7. The van der Waals surface area contributed by atoms with Gasteiger partial charge in [0.25, 0.3) is 0 Å². The van der Waals surface area contributed by atoms with E-state index in [1.165, 1.54) is 5.56 Å². The van der Waals surface area contributed by atoms with Crippen LogP contribution in [0.3, 0.4) is 0 Å². The number of hydrogen-bond acceptors (Lipinski definition) is 5. The maximum absolute atomic E-state index is 12.4. The summed E-state index contributed by atoms with van der Waals surface area (Å²) in [4.78, 5) is 14.3. The smallest absolute Gasteiger partial charge is 0.317 e. The zero-order valence-corrected chi connectivity index (χ0v) is 15.8. The number of amides is 2. The Morgan fingerprint density at radius 1 is 1.15 bits per heavy atom. The topological polar surface area (TPSA) is 71.3 Å². The van der Waals surface area contributed by atoms with Gasteiger partial charge in [0, 0.05) is 25.6 Å². The summed E-state index contributed by atoms with van der Waals surface area (Å²) >= 11 is 1.58. The fraction of sp³-hybridized carbons (Fsp3) is 0.350. The number of carbonyl (C=O) groups is 1. The fourth-order valence-electron chi connectivity index (χ4n) is 3.30. The number of hydrogen-bond donors (Lipinski definition) is 1. The molecule has 4 rings (SSSR count). The first-order chi connectivity index (χ1) is 13.3. The molecule has 2 aromatic heterocycles. The Morgan fingerprint density at radius 2 is 1.96 bits per heavy atom. The maximum Gasteiger partial charge on any atom is 0.317 e. The molecule has 1 aliphatic rings. The van der Waals surface area contributed by atoms with Gasteiger partial charge < -0.3 is 14.6 Å².